The first kappa shape index (κ1) is 19.7. The summed E-state index contributed by atoms with van der Waals surface area (Å²) in [5.41, 5.74) is 3.01. The van der Waals surface area contributed by atoms with Crippen molar-refractivity contribution in [3.05, 3.63) is 40.8 Å². The number of nitrogens with zero attached hydrogens (tertiary/aromatic N) is 2. The third kappa shape index (κ3) is 3.24. The molecule has 2 aromatic rings. The fourth-order valence-corrected chi connectivity index (χ4v) is 3.35. The van der Waals surface area contributed by atoms with Crippen molar-refractivity contribution in [3.8, 4) is 0 Å². The Morgan fingerprint density at radius 1 is 1.04 bits per heavy atom. The van der Waals surface area contributed by atoms with E-state index in [4.69, 9.17) is 5.73 Å². The van der Waals surface area contributed by atoms with Crippen LogP contribution in [0, 0.1) is 29.1 Å². The first-order valence-electron chi connectivity index (χ1n) is 6.49. The predicted octanol–water partition coefficient (Wildman–Crippen LogP) is 1.08. The number of sulfonamides is 1. The van der Waals surface area contributed by atoms with Gasteiger partial charge in [0, 0.05) is 0 Å². The third-order valence-electron chi connectivity index (χ3n) is 3.02. The largest absolute Gasteiger partial charge is 0.361 e. The van der Waals surface area contributed by atoms with Crippen molar-refractivity contribution < 1.29 is 39.7 Å². The smallest absolute Gasteiger partial charge is 0.315 e. The molecule has 0 aliphatic rings. The molecule has 14 heteroatoms. The fraction of sp³-hybridized carbons (Fsp3) is 0.250. The number of benzene rings is 1. The highest BCUT2D eigenvalue weighted by Crippen LogP contribution is 2.28. The van der Waals surface area contributed by atoms with E-state index in [-0.39, 0.29) is 0 Å². The minimum absolute atomic E-state index is 0.487. The number of rotatable bonds is 5. The van der Waals surface area contributed by atoms with E-state index in [2.05, 4.69) is 14.7 Å². The molecule has 142 valence electrons. The van der Waals surface area contributed by atoms with E-state index in [1.807, 2.05) is 0 Å². The summed E-state index contributed by atoms with van der Waals surface area (Å²) in [6.07, 6.45) is 0. The van der Waals surface area contributed by atoms with E-state index in [0.717, 1.165) is 13.8 Å². The number of hydrogen-bond acceptors (Lipinski definition) is 6. The number of amides is 1. The Hall–Kier alpha value is -2.61. The summed E-state index contributed by atoms with van der Waals surface area (Å²) < 4.78 is 97.5. The topological polar surface area (TPSA) is 128 Å². The van der Waals surface area contributed by atoms with Crippen molar-refractivity contribution in [3.63, 3.8) is 0 Å². The summed E-state index contributed by atoms with van der Waals surface area (Å²) in [6, 6.07) is 0. The Kier molecular flexibility index (Phi) is 4.76. The Balaban J connectivity index is 2.53. The van der Waals surface area contributed by atoms with Crippen molar-refractivity contribution in [2.45, 2.75) is 24.3 Å². The average Bonchev–Trinajstić information content (AvgIpc) is 3.01. The van der Waals surface area contributed by atoms with Gasteiger partial charge < -0.3 is 10.3 Å². The van der Waals surface area contributed by atoms with E-state index in [1.54, 1.807) is 4.72 Å². The molecule has 0 aliphatic heterocycles. The van der Waals surface area contributed by atoms with Crippen molar-refractivity contribution in [1.29, 1.82) is 0 Å². The number of carbonyl (C=O) groups is 1. The summed E-state index contributed by atoms with van der Waals surface area (Å²) in [5, 5.41) is 3.27. The molecule has 0 atom stereocenters. The highest BCUT2D eigenvalue weighted by Gasteiger charge is 2.39. The SMILES string of the molecule is CC(C)(NS(=O)(=O)c1c(F)c(F)c(F)c(F)c1F)c1noc(C(N)=O)n1. The summed E-state index contributed by atoms with van der Waals surface area (Å²) in [7, 11) is -5.28. The number of hydrogen-bond donors (Lipinski definition) is 2. The Bertz CT molecular complexity index is 976. The van der Waals surface area contributed by atoms with Gasteiger partial charge in [0.2, 0.25) is 15.8 Å². The molecular weight excluding hydrogens is 391 g/mol. The molecule has 0 saturated heterocycles. The van der Waals surface area contributed by atoms with Crippen molar-refractivity contribution >= 4 is 15.9 Å². The predicted molar refractivity (Wildman–Crippen MR) is 72.4 cm³/mol. The van der Waals surface area contributed by atoms with Crippen LogP contribution >= 0.6 is 0 Å². The molecule has 1 heterocycles. The first-order valence-corrected chi connectivity index (χ1v) is 7.97. The summed E-state index contributed by atoms with van der Waals surface area (Å²) in [4.78, 5) is 12.3. The molecule has 3 N–H and O–H groups in total. The molecule has 26 heavy (non-hydrogen) atoms. The second kappa shape index (κ2) is 6.28. The van der Waals surface area contributed by atoms with E-state index in [9.17, 15) is 35.2 Å². The lowest BCUT2D eigenvalue weighted by atomic mass is 10.1. The van der Waals surface area contributed by atoms with Gasteiger partial charge in [-0.05, 0) is 13.8 Å². The zero-order chi connectivity index (χ0) is 20.0. The zero-order valence-corrected chi connectivity index (χ0v) is 13.7. The van der Waals surface area contributed by atoms with Crippen LogP contribution in [0.2, 0.25) is 0 Å². The molecule has 8 nitrogen and oxygen atoms in total. The van der Waals surface area contributed by atoms with Gasteiger partial charge in [0.1, 0.15) is 0 Å². The van der Waals surface area contributed by atoms with Gasteiger partial charge in [-0.25, -0.2) is 30.4 Å². The van der Waals surface area contributed by atoms with Crippen LogP contribution in [-0.2, 0) is 15.6 Å². The van der Waals surface area contributed by atoms with E-state index < -0.39 is 67.2 Å². The minimum atomic E-state index is -5.28. The number of carbonyl (C=O) groups excluding carboxylic acids is 1. The number of aromatic nitrogens is 2. The third-order valence-corrected chi connectivity index (χ3v) is 4.70. The number of nitrogens with one attached hydrogen (secondary N) is 1. The van der Waals surface area contributed by atoms with Gasteiger partial charge in [0.25, 0.3) is 0 Å². The molecule has 0 spiro atoms. The standard InChI is InChI=1S/C12H9F5N4O4S/c1-12(2,11-19-10(9(18)22)25-20-11)21-26(23,24)8-6(16)4(14)3(13)5(15)7(8)17/h21H,1-2H3,(H2,18,22). The van der Waals surface area contributed by atoms with Crippen LogP contribution in [0.4, 0.5) is 22.0 Å². The van der Waals surface area contributed by atoms with Gasteiger partial charge in [-0.15, -0.1) is 0 Å². The molecule has 1 aromatic heterocycles. The monoisotopic (exact) mass is 400 g/mol. The highest BCUT2D eigenvalue weighted by atomic mass is 32.2. The lowest BCUT2D eigenvalue weighted by molar-refractivity contribution is 0.0958. The Morgan fingerprint density at radius 2 is 1.50 bits per heavy atom. The van der Waals surface area contributed by atoms with Crippen LogP contribution in [0.1, 0.15) is 30.4 Å². The van der Waals surface area contributed by atoms with Gasteiger partial charge in [-0.3, -0.25) is 4.79 Å². The average molecular weight is 400 g/mol. The molecule has 0 bridgehead atoms. The lowest BCUT2D eigenvalue weighted by Gasteiger charge is -2.22. The highest BCUT2D eigenvalue weighted by molar-refractivity contribution is 7.89. The van der Waals surface area contributed by atoms with Crippen LogP contribution in [0.5, 0.6) is 0 Å². The maximum absolute atomic E-state index is 13.7. The van der Waals surface area contributed by atoms with Gasteiger partial charge in [-0.2, -0.15) is 9.71 Å². The molecule has 0 radical (unpaired) electrons. The van der Waals surface area contributed by atoms with Gasteiger partial charge in [-0.1, -0.05) is 5.16 Å². The molecule has 1 amide bonds. The van der Waals surface area contributed by atoms with Gasteiger partial charge >= 0.3 is 11.8 Å². The summed E-state index contributed by atoms with van der Waals surface area (Å²) in [6.45, 7) is 2.15. The van der Waals surface area contributed by atoms with Crippen LogP contribution in [0.25, 0.3) is 0 Å². The number of nitrogens with two attached hydrogens (primary N) is 1. The molecule has 0 unspecified atom stereocenters. The minimum Gasteiger partial charge on any atom is -0.361 e. The molecular formula is C12H9F5N4O4S. The van der Waals surface area contributed by atoms with E-state index in [1.165, 1.54) is 0 Å². The van der Waals surface area contributed by atoms with Gasteiger partial charge in [0.15, 0.2) is 34.0 Å². The normalized spacial score (nSPS) is 12.4. The Morgan fingerprint density at radius 3 is 1.92 bits per heavy atom. The molecule has 0 saturated carbocycles. The second-order valence-corrected chi connectivity index (χ2v) is 7.04. The maximum Gasteiger partial charge on any atom is 0.315 e. The van der Waals surface area contributed by atoms with Crippen LogP contribution in [0.15, 0.2) is 9.42 Å². The van der Waals surface area contributed by atoms with Crippen LogP contribution in [-0.4, -0.2) is 24.5 Å². The summed E-state index contributed by atoms with van der Waals surface area (Å²) in [5.74, 6) is -14.8. The fourth-order valence-electron chi connectivity index (χ4n) is 1.83. The molecule has 2 rings (SSSR count). The Labute approximate surface area is 142 Å². The van der Waals surface area contributed by atoms with Crippen molar-refractivity contribution in [2.24, 2.45) is 5.73 Å². The van der Waals surface area contributed by atoms with Crippen LogP contribution in [0.3, 0.4) is 0 Å². The lowest BCUT2D eigenvalue weighted by Crippen LogP contribution is -2.42. The second-order valence-electron chi connectivity index (χ2n) is 5.42. The quantitative estimate of drug-likeness (QED) is 0.439. The van der Waals surface area contributed by atoms with Gasteiger partial charge in [0.05, 0.1) is 5.54 Å². The van der Waals surface area contributed by atoms with E-state index >= 15 is 0 Å². The number of halogens is 5. The van der Waals surface area contributed by atoms with Crippen LogP contribution < -0.4 is 10.5 Å². The van der Waals surface area contributed by atoms with Crippen molar-refractivity contribution in [2.75, 3.05) is 0 Å². The molecule has 0 aliphatic carbocycles. The van der Waals surface area contributed by atoms with E-state index in [0.29, 0.717) is 0 Å². The molecule has 0 fully saturated rings. The molecule has 1 aromatic carbocycles. The van der Waals surface area contributed by atoms with Crippen molar-refractivity contribution in [1.82, 2.24) is 14.9 Å². The number of primary amides is 1. The first-order chi connectivity index (χ1) is 11.8. The summed E-state index contributed by atoms with van der Waals surface area (Å²) >= 11 is 0. The zero-order valence-electron chi connectivity index (χ0n) is 12.9. The maximum atomic E-state index is 13.7.